The summed E-state index contributed by atoms with van der Waals surface area (Å²) < 4.78 is 1.79. The van der Waals surface area contributed by atoms with E-state index in [0.29, 0.717) is 18.7 Å². The van der Waals surface area contributed by atoms with Crippen molar-refractivity contribution in [1.82, 2.24) is 14.7 Å². The molecule has 0 saturated carbocycles. The average Bonchev–Trinajstić information content (AvgIpc) is 3.33. The van der Waals surface area contributed by atoms with Crippen LogP contribution in [0.15, 0.2) is 60.8 Å². The zero-order valence-corrected chi connectivity index (χ0v) is 16.4. The maximum atomic E-state index is 13.4. The predicted molar refractivity (Wildman–Crippen MR) is 111 cm³/mol. The van der Waals surface area contributed by atoms with Gasteiger partial charge in [-0.05, 0) is 43.5 Å². The van der Waals surface area contributed by atoms with E-state index in [1.165, 1.54) is 0 Å². The number of aromatic nitrogens is 2. The smallest absolute Gasteiger partial charge is 0.257 e. The highest BCUT2D eigenvalue weighted by Gasteiger charge is 2.36. The Morgan fingerprint density at radius 2 is 1.96 bits per heavy atom. The van der Waals surface area contributed by atoms with Crippen molar-refractivity contribution in [2.24, 2.45) is 11.1 Å². The Morgan fingerprint density at radius 1 is 1.18 bits per heavy atom. The quantitative estimate of drug-likeness (QED) is 0.758. The van der Waals surface area contributed by atoms with Crippen LogP contribution in [0.25, 0.3) is 16.9 Å². The fraction of sp³-hybridized carbons (Fsp3) is 0.304. The van der Waals surface area contributed by atoms with E-state index >= 15 is 0 Å². The third-order valence-corrected chi connectivity index (χ3v) is 5.59. The molecule has 2 N–H and O–H groups in total. The molecule has 1 atom stereocenters. The fourth-order valence-electron chi connectivity index (χ4n) is 3.78. The van der Waals surface area contributed by atoms with Crippen LogP contribution in [0.2, 0.25) is 0 Å². The number of carbonyl (C=O) groups is 1. The molecule has 0 bridgehead atoms. The molecule has 1 aromatic heterocycles. The summed E-state index contributed by atoms with van der Waals surface area (Å²) in [5, 5.41) is 4.79. The SMILES string of the molecule is Cc1cccc(-c2nn(-c3ccccc3)cc2C(=O)N2CCC(C)(CN)C2)c1. The highest BCUT2D eigenvalue weighted by atomic mass is 16.2. The molecule has 1 amide bonds. The molecule has 1 unspecified atom stereocenters. The van der Waals surface area contributed by atoms with Gasteiger partial charge in [0.25, 0.3) is 5.91 Å². The third-order valence-electron chi connectivity index (χ3n) is 5.59. The number of amides is 1. The molecule has 1 fully saturated rings. The molecular weight excluding hydrogens is 348 g/mol. The molecule has 5 nitrogen and oxygen atoms in total. The van der Waals surface area contributed by atoms with E-state index in [9.17, 15) is 4.79 Å². The highest BCUT2D eigenvalue weighted by Crippen LogP contribution is 2.32. The van der Waals surface area contributed by atoms with Gasteiger partial charge in [0.15, 0.2) is 0 Å². The van der Waals surface area contributed by atoms with E-state index in [1.54, 1.807) is 4.68 Å². The number of hydrogen-bond donors (Lipinski definition) is 1. The van der Waals surface area contributed by atoms with Crippen molar-refractivity contribution in [2.75, 3.05) is 19.6 Å². The van der Waals surface area contributed by atoms with Crippen molar-refractivity contribution in [3.63, 3.8) is 0 Å². The first-order valence-corrected chi connectivity index (χ1v) is 9.71. The van der Waals surface area contributed by atoms with Gasteiger partial charge in [-0.2, -0.15) is 5.10 Å². The van der Waals surface area contributed by atoms with Crippen LogP contribution in [0.4, 0.5) is 0 Å². The number of aryl methyl sites for hydroxylation is 1. The van der Waals surface area contributed by atoms with Crippen molar-refractivity contribution in [3.05, 3.63) is 71.9 Å². The van der Waals surface area contributed by atoms with E-state index in [4.69, 9.17) is 10.8 Å². The van der Waals surface area contributed by atoms with Crippen molar-refractivity contribution < 1.29 is 4.79 Å². The van der Waals surface area contributed by atoms with Crippen LogP contribution in [-0.4, -0.2) is 40.2 Å². The number of likely N-dealkylation sites (tertiary alicyclic amines) is 1. The Kier molecular flexibility index (Phi) is 4.77. The number of nitrogens with two attached hydrogens (primary N) is 1. The monoisotopic (exact) mass is 374 g/mol. The first-order valence-electron chi connectivity index (χ1n) is 9.71. The summed E-state index contributed by atoms with van der Waals surface area (Å²) in [6.45, 7) is 6.20. The molecule has 4 rings (SSSR count). The van der Waals surface area contributed by atoms with Gasteiger partial charge in [-0.15, -0.1) is 0 Å². The number of carbonyl (C=O) groups excluding carboxylic acids is 1. The second-order valence-electron chi connectivity index (χ2n) is 8.03. The zero-order chi connectivity index (χ0) is 19.7. The molecule has 28 heavy (non-hydrogen) atoms. The van der Waals surface area contributed by atoms with E-state index < -0.39 is 0 Å². The summed E-state index contributed by atoms with van der Waals surface area (Å²) in [6.07, 6.45) is 2.79. The van der Waals surface area contributed by atoms with E-state index in [2.05, 4.69) is 13.0 Å². The van der Waals surface area contributed by atoms with Gasteiger partial charge in [-0.25, -0.2) is 4.68 Å². The molecule has 1 aliphatic rings. The Balaban J connectivity index is 1.77. The van der Waals surface area contributed by atoms with Crippen LogP contribution in [-0.2, 0) is 0 Å². The lowest BCUT2D eigenvalue weighted by Gasteiger charge is -2.22. The fourth-order valence-corrected chi connectivity index (χ4v) is 3.78. The average molecular weight is 374 g/mol. The third kappa shape index (κ3) is 3.45. The van der Waals surface area contributed by atoms with Gasteiger partial charge in [0.1, 0.15) is 5.69 Å². The number of nitrogens with zero attached hydrogens (tertiary/aromatic N) is 3. The lowest BCUT2D eigenvalue weighted by atomic mass is 9.90. The molecule has 144 valence electrons. The molecule has 2 heterocycles. The van der Waals surface area contributed by atoms with Gasteiger partial charge in [0.05, 0.1) is 11.3 Å². The summed E-state index contributed by atoms with van der Waals surface area (Å²) in [5.41, 5.74) is 10.3. The van der Waals surface area contributed by atoms with E-state index in [-0.39, 0.29) is 11.3 Å². The minimum Gasteiger partial charge on any atom is -0.338 e. The summed E-state index contributed by atoms with van der Waals surface area (Å²) in [7, 11) is 0. The van der Waals surface area contributed by atoms with Gasteiger partial charge in [-0.1, -0.05) is 48.9 Å². The highest BCUT2D eigenvalue weighted by molar-refractivity contribution is 6.00. The van der Waals surface area contributed by atoms with Crippen LogP contribution < -0.4 is 5.73 Å². The zero-order valence-electron chi connectivity index (χ0n) is 16.4. The van der Waals surface area contributed by atoms with Crippen molar-refractivity contribution in [3.8, 4) is 16.9 Å². The minimum absolute atomic E-state index is 0.00537. The van der Waals surface area contributed by atoms with Gasteiger partial charge >= 0.3 is 0 Å². The predicted octanol–water partition coefficient (Wildman–Crippen LogP) is 3.66. The van der Waals surface area contributed by atoms with Gasteiger partial charge in [0.2, 0.25) is 0 Å². The van der Waals surface area contributed by atoms with Crippen LogP contribution in [0.5, 0.6) is 0 Å². The minimum atomic E-state index is -0.00537. The number of para-hydroxylation sites is 1. The van der Waals surface area contributed by atoms with Gasteiger partial charge < -0.3 is 10.6 Å². The lowest BCUT2D eigenvalue weighted by Crippen LogP contribution is -2.34. The number of benzene rings is 2. The molecule has 2 aromatic carbocycles. The summed E-state index contributed by atoms with van der Waals surface area (Å²) in [6, 6.07) is 18.0. The van der Waals surface area contributed by atoms with Crippen LogP contribution in [0.1, 0.15) is 29.3 Å². The Bertz CT molecular complexity index is 995. The van der Waals surface area contributed by atoms with E-state index in [1.807, 2.05) is 66.6 Å². The van der Waals surface area contributed by atoms with Crippen molar-refractivity contribution in [1.29, 1.82) is 0 Å². The molecule has 3 aromatic rings. The maximum absolute atomic E-state index is 13.4. The Morgan fingerprint density at radius 3 is 2.64 bits per heavy atom. The standard InChI is InChI=1S/C23H26N4O/c1-17-7-6-8-18(13-17)21-20(14-27(25-21)19-9-4-3-5-10-19)22(28)26-12-11-23(2,15-24)16-26/h3-10,13-14H,11-12,15-16,24H2,1-2H3. The van der Waals surface area contributed by atoms with Gasteiger partial charge in [-0.3, -0.25) is 4.79 Å². The van der Waals surface area contributed by atoms with Crippen LogP contribution in [0.3, 0.4) is 0 Å². The van der Waals surface area contributed by atoms with Crippen LogP contribution >= 0.6 is 0 Å². The molecule has 0 aliphatic carbocycles. The first-order chi connectivity index (χ1) is 13.5. The Hall–Kier alpha value is -2.92. The molecule has 1 saturated heterocycles. The Labute approximate surface area is 165 Å². The maximum Gasteiger partial charge on any atom is 0.257 e. The number of rotatable bonds is 4. The summed E-state index contributed by atoms with van der Waals surface area (Å²) >= 11 is 0. The first kappa shape index (κ1) is 18.4. The summed E-state index contributed by atoms with van der Waals surface area (Å²) in [5.74, 6) is 0.0239. The summed E-state index contributed by atoms with van der Waals surface area (Å²) in [4.78, 5) is 15.3. The molecular formula is C23H26N4O. The largest absolute Gasteiger partial charge is 0.338 e. The van der Waals surface area contributed by atoms with Crippen molar-refractivity contribution in [2.45, 2.75) is 20.3 Å². The van der Waals surface area contributed by atoms with Gasteiger partial charge in [0, 0.05) is 24.8 Å². The molecule has 0 spiro atoms. The van der Waals surface area contributed by atoms with Crippen LogP contribution in [0, 0.1) is 12.3 Å². The lowest BCUT2D eigenvalue weighted by molar-refractivity contribution is 0.0777. The molecule has 1 aliphatic heterocycles. The van der Waals surface area contributed by atoms with E-state index in [0.717, 1.165) is 35.5 Å². The molecule has 5 heteroatoms. The number of hydrogen-bond acceptors (Lipinski definition) is 3. The topological polar surface area (TPSA) is 64.2 Å². The van der Waals surface area contributed by atoms with Crippen molar-refractivity contribution >= 4 is 5.91 Å². The molecule has 0 radical (unpaired) electrons. The second-order valence-corrected chi connectivity index (χ2v) is 8.03. The normalized spacial score (nSPS) is 19.2. The second kappa shape index (κ2) is 7.24.